The van der Waals surface area contributed by atoms with Crippen LogP contribution in [0.1, 0.15) is 29.2 Å². The molecule has 0 saturated carbocycles. The SMILES string of the molecule is Cc1csc(CN[C@H](C)c2ccc(Cl)cc2)n1. The molecule has 1 heterocycles. The number of nitrogens with zero attached hydrogens (tertiary/aromatic N) is 1. The van der Waals surface area contributed by atoms with E-state index in [1.54, 1.807) is 11.3 Å². The van der Waals surface area contributed by atoms with Gasteiger partial charge in [0.1, 0.15) is 5.01 Å². The van der Waals surface area contributed by atoms with Crippen molar-refractivity contribution in [2.75, 3.05) is 0 Å². The van der Waals surface area contributed by atoms with Crippen LogP contribution in [-0.4, -0.2) is 4.98 Å². The molecule has 2 nitrogen and oxygen atoms in total. The molecule has 1 aromatic carbocycles. The number of hydrogen-bond donors (Lipinski definition) is 1. The average molecular weight is 267 g/mol. The van der Waals surface area contributed by atoms with Crippen LogP contribution >= 0.6 is 22.9 Å². The molecule has 0 aliphatic carbocycles. The van der Waals surface area contributed by atoms with Crippen molar-refractivity contribution >= 4 is 22.9 Å². The van der Waals surface area contributed by atoms with Crippen LogP contribution in [0.2, 0.25) is 5.02 Å². The average Bonchev–Trinajstić information content (AvgIpc) is 2.73. The summed E-state index contributed by atoms with van der Waals surface area (Å²) in [5.41, 5.74) is 2.33. The number of aryl methyl sites for hydroxylation is 1. The zero-order valence-electron chi connectivity index (χ0n) is 9.90. The highest BCUT2D eigenvalue weighted by molar-refractivity contribution is 7.09. The summed E-state index contributed by atoms with van der Waals surface area (Å²) in [5.74, 6) is 0. The Hall–Kier alpha value is -0.900. The quantitative estimate of drug-likeness (QED) is 0.906. The van der Waals surface area contributed by atoms with E-state index in [-0.39, 0.29) is 0 Å². The summed E-state index contributed by atoms with van der Waals surface area (Å²) in [6, 6.07) is 8.24. The van der Waals surface area contributed by atoms with Crippen molar-refractivity contribution in [3.63, 3.8) is 0 Å². The molecule has 0 bridgehead atoms. The first-order valence-electron chi connectivity index (χ1n) is 5.55. The molecule has 0 spiro atoms. The monoisotopic (exact) mass is 266 g/mol. The molecule has 1 N–H and O–H groups in total. The van der Waals surface area contributed by atoms with Gasteiger partial charge in [-0.2, -0.15) is 0 Å². The lowest BCUT2D eigenvalue weighted by Gasteiger charge is -2.13. The molecule has 0 amide bonds. The fourth-order valence-corrected chi connectivity index (χ4v) is 2.44. The third-order valence-electron chi connectivity index (χ3n) is 2.60. The van der Waals surface area contributed by atoms with Crippen molar-refractivity contribution in [1.29, 1.82) is 0 Å². The normalized spacial score (nSPS) is 12.6. The smallest absolute Gasteiger partial charge is 0.107 e. The van der Waals surface area contributed by atoms with Crippen LogP contribution in [0.4, 0.5) is 0 Å². The molecule has 0 aliphatic heterocycles. The molecule has 2 aromatic rings. The van der Waals surface area contributed by atoms with E-state index >= 15 is 0 Å². The summed E-state index contributed by atoms with van der Waals surface area (Å²) in [5, 5.41) is 7.43. The van der Waals surface area contributed by atoms with Crippen molar-refractivity contribution in [2.24, 2.45) is 0 Å². The van der Waals surface area contributed by atoms with Gasteiger partial charge in [-0.05, 0) is 31.5 Å². The van der Waals surface area contributed by atoms with Gasteiger partial charge in [0.05, 0.1) is 0 Å². The molecule has 0 radical (unpaired) electrons. The highest BCUT2D eigenvalue weighted by atomic mass is 35.5. The number of rotatable bonds is 4. The summed E-state index contributed by atoms with van der Waals surface area (Å²) >= 11 is 7.56. The molecule has 2 rings (SSSR count). The van der Waals surface area contributed by atoms with Gasteiger partial charge in [-0.25, -0.2) is 4.98 Å². The van der Waals surface area contributed by atoms with E-state index in [9.17, 15) is 0 Å². The number of benzene rings is 1. The molecule has 1 atom stereocenters. The summed E-state index contributed by atoms with van der Waals surface area (Å²) < 4.78 is 0. The Balaban J connectivity index is 1.93. The van der Waals surface area contributed by atoms with Crippen LogP contribution in [0.3, 0.4) is 0 Å². The predicted molar refractivity (Wildman–Crippen MR) is 73.6 cm³/mol. The van der Waals surface area contributed by atoms with Gasteiger partial charge in [-0.1, -0.05) is 23.7 Å². The second-order valence-electron chi connectivity index (χ2n) is 4.04. The van der Waals surface area contributed by atoms with Crippen LogP contribution in [0.15, 0.2) is 29.6 Å². The maximum Gasteiger partial charge on any atom is 0.107 e. The van der Waals surface area contributed by atoms with Gasteiger partial charge >= 0.3 is 0 Å². The Morgan fingerprint density at radius 3 is 2.65 bits per heavy atom. The number of halogens is 1. The zero-order chi connectivity index (χ0) is 12.3. The fourth-order valence-electron chi connectivity index (χ4n) is 1.59. The van der Waals surface area contributed by atoms with E-state index in [0.29, 0.717) is 6.04 Å². The number of nitrogens with one attached hydrogen (secondary N) is 1. The van der Waals surface area contributed by atoms with Crippen molar-refractivity contribution in [1.82, 2.24) is 10.3 Å². The second kappa shape index (κ2) is 5.63. The van der Waals surface area contributed by atoms with Gasteiger partial charge in [-0.15, -0.1) is 11.3 Å². The Kier molecular flexibility index (Phi) is 4.15. The lowest BCUT2D eigenvalue weighted by Crippen LogP contribution is -2.17. The van der Waals surface area contributed by atoms with E-state index in [0.717, 1.165) is 22.3 Å². The molecular weight excluding hydrogens is 252 g/mol. The molecule has 4 heteroatoms. The standard InChI is InChI=1S/C13H15ClN2S/c1-9-8-17-13(16-9)7-15-10(2)11-3-5-12(14)6-4-11/h3-6,8,10,15H,7H2,1-2H3/t10-/m1/s1. The number of aromatic nitrogens is 1. The summed E-state index contributed by atoms with van der Waals surface area (Å²) in [7, 11) is 0. The van der Waals surface area contributed by atoms with Crippen LogP contribution < -0.4 is 5.32 Å². The van der Waals surface area contributed by atoms with Crippen LogP contribution in [0.25, 0.3) is 0 Å². The molecule has 0 saturated heterocycles. The van der Waals surface area contributed by atoms with Crippen LogP contribution in [0.5, 0.6) is 0 Å². The van der Waals surface area contributed by atoms with Gasteiger partial charge in [0, 0.05) is 28.7 Å². The topological polar surface area (TPSA) is 24.9 Å². The molecule has 1 aromatic heterocycles. The Morgan fingerprint density at radius 2 is 2.06 bits per heavy atom. The zero-order valence-corrected chi connectivity index (χ0v) is 11.5. The van der Waals surface area contributed by atoms with E-state index in [4.69, 9.17) is 11.6 Å². The van der Waals surface area contributed by atoms with E-state index < -0.39 is 0 Å². The maximum absolute atomic E-state index is 5.86. The predicted octanol–water partition coefficient (Wildman–Crippen LogP) is 3.96. The minimum Gasteiger partial charge on any atom is -0.304 e. The fraction of sp³-hybridized carbons (Fsp3) is 0.308. The molecule has 0 fully saturated rings. The van der Waals surface area contributed by atoms with Gasteiger partial charge in [0.2, 0.25) is 0 Å². The summed E-state index contributed by atoms with van der Waals surface area (Å²) in [4.78, 5) is 4.43. The lowest BCUT2D eigenvalue weighted by molar-refractivity contribution is 0.573. The van der Waals surface area contributed by atoms with Gasteiger partial charge in [0.15, 0.2) is 0 Å². The highest BCUT2D eigenvalue weighted by Gasteiger charge is 2.06. The van der Waals surface area contributed by atoms with Crippen LogP contribution in [0, 0.1) is 6.92 Å². The Bertz CT molecular complexity index is 478. The molecule has 17 heavy (non-hydrogen) atoms. The molecular formula is C13H15ClN2S. The minimum atomic E-state index is 0.302. The highest BCUT2D eigenvalue weighted by Crippen LogP contribution is 2.17. The summed E-state index contributed by atoms with van der Waals surface area (Å²) in [6.45, 7) is 4.97. The molecule has 0 unspecified atom stereocenters. The van der Waals surface area contributed by atoms with Gasteiger partial charge in [-0.3, -0.25) is 0 Å². The Labute approximate surface area is 111 Å². The first kappa shape index (κ1) is 12.6. The number of thiazole rings is 1. The maximum atomic E-state index is 5.86. The molecule has 90 valence electrons. The third kappa shape index (κ3) is 3.53. The number of hydrogen-bond acceptors (Lipinski definition) is 3. The van der Waals surface area contributed by atoms with Gasteiger partial charge in [0.25, 0.3) is 0 Å². The van der Waals surface area contributed by atoms with E-state index in [1.807, 2.05) is 31.2 Å². The molecule has 0 aliphatic rings. The largest absolute Gasteiger partial charge is 0.304 e. The lowest BCUT2D eigenvalue weighted by atomic mass is 10.1. The summed E-state index contributed by atoms with van der Waals surface area (Å²) in [6.07, 6.45) is 0. The first-order valence-corrected chi connectivity index (χ1v) is 6.81. The third-order valence-corrected chi connectivity index (χ3v) is 3.81. The van der Waals surface area contributed by atoms with Crippen molar-refractivity contribution in [3.8, 4) is 0 Å². The Morgan fingerprint density at radius 1 is 1.35 bits per heavy atom. The van der Waals surface area contributed by atoms with Crippen LogP contribution in [-0.2, 0) is 6.54 Å². The second-order valence-corrected chi connectivity index (χ2v) is 5.42. The first-order chi connectivity index (χ1) is 8.15. The van der Waals surface area contributed by atoms with Crippen molar-refractivity contribution in [3.05, 3.63) is 50.9 Å². The minimum absolute atomic E-state index is 0.302. The van der Waals surface area contributed by atoms with E-state index in [1.165, 1.54) is 5.56 Å². The van der Waals surface area contributed by atoms with Crippen molar-refractivity contribution < 1.29 is 0 Å². The van der Waals surface area contributed by atoms with Gasteiger partial charge < -0.3 is 5.32 Å². The van der Waals surface area contributed by atoms with E-state index in [2.05, 4.69) is 22.6 Å². The van der Waals surface area contributed by atoms with Crippen molar-refractivity contribution in [2.45, 2.75) is 26.4 Å².